The molecule has 0 amide bonds. The molecule has 0 fully saturated rings. The Morgan fingerprint density at radius 1 is 0.773 bits per heavy atom. The monoisotopic (exact) mass is 285 g/mol. The summed E-state index contributed by atoms with van der Waals surface area (Å²) in [6, 6.07) is 26.0. The minimum atomic E-state index is 0.0459. The number of benzene rings is 3. The maximum absolute atomic E-state index is 11.8. The van der Waals surface area contributed by atoms with Gasteiger partial charge in [-0.1, -0.05) is 48.5 Å². The standard InChI is InChI=1S/C20H15NO/c22-18-11-10-17-12-16-8-4-5-9-19(16)21(20(17)13-18)14-15-6-2-1-3-7-15/h1-13H,14H2. The molecule has 0 spiro atoms. The van der Waals surface area contributed by atoms with Crippen molar-refractivity contribution >= 4 is 10.9 Å². The second-order valence-corrected chi connectivity index (χ2v) is 5.50. The molecule has 22 heavy (non-hydrogen) atoms. The van der Waals surface area contributed by atoms with E-state index < -0.39 is 0 Å². The fourth-order valence-electron chi connectivity index (χ4n) is 2.97. The van der Waals surface area contributed by atoms with Crippen LogP contribution in [0.3, 0.4) is 0 Å². The van der Waals surface area contributed by atoms with Gasteiger partial charge in [0.2, 0.25) is 0 Å². The Bertz CT molecular complexity index is 970. The van der Waals surface area contributed by atoms with Crippen LogP contribution in [0.5, 0.6) is 0 Å². The van der Waals surface area contributed by atoms with Crippen molar-refractivity contribution in [3.63, 3.8) is 0 Å². The number of nitrogens with zero attached hydrogens (tertiary/aromatic N) is 1. The van der Waals surface area contributed by atoms with Crippen LogP contribution in [-0.4, -0.2) is 4.57 Å². The Kier molecular flexibility index (Phi) is 3.01. The van der Waals surface area contributed by atoms with Gasteiger partial charge < -0.3 is 4.57 Å². The second-order valence-electron chi connectivity index (χ2n) is 5.50. The highest BCUT2D eigenvalue weighted by atomic mass is 16.1. The molecule has 2 aliphatic rings. The predicted molar refractivity (Wildman–Crippen MR) is 90.4 cm³/mol. The van der Waals surface area contributed by atoms with Gasteiger partial charge in [0, 0.05) is 18.1 Å². The molecule has 1 aliphatic carbocycles. The van der Waals surface area contributed by atoms with Gasteiger partial charge in [-0.2, -0.15) is 0 Å². The zero-order valence-electron chi connectivity index (χ0n) is 12.1. The Balaban J connectivity index is 2.04. The summed E-state index contributed by atoms with van der Waals surface area (Å²) in [4.78, 5) is 11.8. The average Bonchev–Trinajstić information content (AvgIpc) is 2.56. The summed E-state index contributed by atoms with van der Waals surface area (Å²) in [5.74, 6) is 0. The number of pyridine rings is 1. The minimum absolute atomic E-state index is 0.0459. The molecular weight excluding hydrogens is 270 g/mol. The highest BCUT2D eigenvalue weighted by Crippen LogP contribution is 2.28. The molecule has 0 atom stereocenters. The Morgan fingerprint density at radius 2 is 1.55 bits per heavy atom. The normalized spacial score (nSPS) is 11.1. The molecule has 2 aromatic rings. The van der Waals surface area contributed by atoms with Crippen LogP contribution in [-0.2, 0) is 6.54 Å². The zero-order chi connectivity index (χ0) is 14.9. The van der Waals surface area contributed by atoms with E-state index in [1.54, 1.807) is 12.1 Å². The van der Waals surface area contributed by atoms with Crippen molar-refractivity contribution in [3.05, 3.63) is 94.6 Å². The zero-order valence-corrected chi connectivity index (χ0v) is 12.1. The van der Waals surface area contributed by atoms with Crippen LogP contribution in [0, 0.1) is 0 Å². The van der Waals surface area contributed by atoms with E-state index in [0.717, 1.165) is 23.3 Å². The predicted octanol–water partition coefficient (Wildman–Crippen LogP) is 4.15. The Labute approximate surface area is 128 Å². The van der Waals surface area contributed by atoms with Gasteiger partial charge in [-0.05, 0) is 40.8 Å². The van der Waals surface area contributed by atoms with E-state index in [9.17, 15) is 4.79 Å². The average molecular weight is 285 g/mol. The number of rotatable bonds is 2. The lowest BCUT2D eigenvalue weighted by atomic mass is 10.0. The molecule has 0 saturated carbocycles. The minimum Gasteiger partial charge on any atom is -0.336 e. The highest BCUT2D eigenvalue weighted by molar-refractivity contribution is 5.86. The van der Waals surface area contributed by atoms with Crippen LogP contribution in [0.25, 0.3) is 22.2 Å². The van der Waals surface area contributed by atoms with E-state index in [0.29, 0.717) is 0 Å². The molecule has 0 unspecified atom stereocenters. The number of fused-ring (bicyclic) bond motifs is 2. The molecule has 0 saturated heterocycles. The van der Waals surface area contributed by atoms with Crippen molar-refractivity contribution in [2.75, 3.05) is 0 Å². The van der Waals surface area contributed by atoms with Crippen LogP contribution in [0.2, 0.25) is 0 Å². The summed E-state index contributed by atoms with van der Waals surface area (Å²) in [6.45, 7) is 0.752. The molecule has 0 aromatic heterocycles. The van der Waals surface area contributed by atoms with Crippen LogP contribution in [0.1, 0.15) is 5.56 Å². The number of para-hydroxylation sites is 1. The first-order valence-corrected chi connectivity index (χ1v) is 7.37. The number of aromatic nitrogens is 1. The van der Waals surface area contributed by atoms with Crippen molar-refractivity contribution in [2.45, 2.75) is 6.54 Å². The van der Waals surface area contributed by atoms with E-state index in [-0.39, 0.29) is 5.43 Å². The molecule has 1 aliphatic heterocycles. The van der Waals surface area contributed by atoms with Gasteiger partial charge in [0.05, 0.1) is 5.69 Å². The molecule has 1 heterocycles. The maximum Gasteiger partial charge on any atom is 0.180 e. The Hall–Kier alpha value is -2.87. The Morgan fingerprint density at radius 3 is 2.41 bits per heavy atom. The van der Waals surface area contributed by atoms with E-state index in [1.165, 1.54) is 10.9 Å². The lowest BCUT2D eigenvalue weighted by molar-refractivity contribution is 0.834. The van der Waals surface area contributed by atoms with Crippen molar-refractivity contribution < 1.29 is 0 Å². The molecule has 4 rings (SSSR count). The lowest BCUT2D eigenvalue weighted by Crippen LogP contribution is -2.10. The third-order valence-corrected chi connectivity index (χ3v) is 4.01. The molecule has 0 radical (unpaired) electrons. The second kappa shape index (κ2) is 5.15. The van der Waals surface area contributed by atoms with Gasteiger partial charge in [0.25, 0.3) is 0 Å². The maximum atomic E-state index is 11.8. The largest absolute Gasteiger partial charge is 0.336 e. The van der Waals surface area contributed by atoms with Gasteiger partial charge >= 0.3 is 0 Å². The quantitative estimate of drug-likeness (QED) is 0.507. The third-order valence-electron chi connectivity index (χ3n) is 4.01. The number of hydrogen-bond donors (Lipinski definition) is 0. The molecule has 106 valence electrons. The molecule has 0 N–H and O–H groups in total. The van der Waals surface area contributed by atoms with E-state index in [1.807, 2.05) is 36.4 Å². The first-order chi connectivity index (χ1) is 10.8. The first-order valence-electron chi connectivity index (χ1n) is 7.37. The summed E-state index contributed by atoms with van der Waals surface area (Å²) in [5.41, 5.74) is 4.49. The van der Waals surface area contributed by atoms with Crippen LogP contribution in [0.4, 0.5) is 0 Å². The summed E-state index contributed by atoms with van der Waals surface area (Å²) in [7, 11) is 0. The highest BCUT2D eigenvalue weighted by Gasteiger charge is 2.11. The van der Waals surface area contributed by atoms with Gasteiger partial charge in [-0.3, -0.25) is 4.79 Å². The summed E-state index contributed by atoms with van der Waals surface area (Å²) in [5, 5.41) is 1.18. The van der Waals surface area contributed by atoms with Crippen LogP contribution < -0.4 is 5.43 Å². The fourth-order valence-corrected chi connectivity index (χ4v) is 2.97. The summed E-state index contributed by atoms with van der Waals surface area (Å²) >= 11 is 0. The summed E-state index contributed by atoms with van der Waals surface area (Å²) < 4.78 is 2.22. The SMILES string of the molecule is O=c1ccc2cc3ccccc3n(Cc3ccccc3)c-2c1. The van der Waals surface area contributed by atoms with Gasteiger partial charge in [-0.15, -0.1) is 0 Å². The molecule has 0 bridgehead atoms. The van der Waals surface area contributed by atoms with Crippen molar-refractivity contribution in [2.24, 2.45) is 0 Å². The first kappa shape index (κ1) is 12.8. The smallest absolute Gasteiger partial charge is 0.180 e. The molecule has 2 aromatic carbocycles. The van der Waals surface area contributed by atoms with Gasteiger partial charge in [0.15, 0.2) is 5.43 Å². The van der Waals surface area contributed by atoms with Gasteiger partial charge in [0.1, 0.15) is 0 Å². The topological polar surface area (TPSA) is 22.0 Å². The van der Waals surface area contributed by atoms with E-state index in [4.69, 9.17) is 0 Å². The van der Waals surface area contributed by atoms with Crippen LogP contribution >= 0.6 is 0 Å². The third kappa shape index (κ3) is 2.19. The van der Waals surface area contributed by atoms with Crippen molar-refractivity contribution in [1.29, 1.82) is 0 Å². The van der Waals surface area contributed by atoms with Crippen molar-refractivity contribution in [1.82, 2.24) is 4.57 Å². The molecule has 2 heteroatoms. The lowest BCUT2D eigenvalue weighted by Gasteiger charge is -2.19. The number of hydrogen-bond acceptors (Lipinski definition) is 1. The fraction of sp³-hybridized carbons (Fsp3) is 0.0500. The van der Waals surface area contributed by atoms with Crippen LogP contribution in [0.15, 0.2) is 83.7 Å². The van der Waals surface area contributed by atoms with E-state index in [2.05, 4.69) is 34.9 Å². The van der Waals surface area contributed by atoms with E-state index >= 15 is 0 Å². The van der Waals surface area contributed by atoms with Gasteiger partial charge in [-0.25, -0.2) is 0 Å². The van der Waals surface area contributed by atoms with Crippen molar-refractivity contribution in [3.8, 4) is 11.3 Å². The molecular formula is C20H15NO. The summed E-state index contributed by atoms with van der Waals surface area (Å²) in [6.07, 6.45) is 0. The molecule has 2 nitrogen and oxygen atoms in total.